The molecule has 2 aliphatic rings. The molecular formula is C20H22ClN3O2+2. The van der Waals surface area contributed by atoms with Crippen molar-refractivity contribution in [2.75, 3.05) is 32.8 Å². The molecule has 134 valence electrons. The van der Waals surface area contributed by atoms with E-state index in [0.29, 0.717) is 17.8 Å². The SMILES string of the molecule is O=C1c2ccccc2C(=O)N1C[NH+]1CC[NH+](Cc2ccc(Cl)cc2)CC1. The number of imide groups is 1. The molecule has 2 aromatic rings. The molecule has 5 nitrogen and oxygen atoms in total. The number of benzene rings is 2. The molecule has 26 heavy (non-hydrogen) atoms. The van der Waals surface area contributed by atoms with Gasteiger partial charge in [0.25, 0.3) is 11.8 Å². The Morgan fingerprint density at radius 1 is 0.808 bits per heavy atom. The second-order valence-corrected chi connectivity index (χ2v) is 7.48. The van der Waals surface area contributed by atoms with Crippen LogP contribution < -0.4 is 9.80 Å². The van der Waals surface area contributed by atoms with E-state index in [-0.39, 0.29) is 11.8 Å². The van der Waals surface area contributed by atoms with Crippen LogP contribution in [0.25, 0.3) is 0 Å². The highest BCUT2D eigenvalue weighted by Gasteiger charge is 2.38. The van der Waals surface area contributed by atoms with Gasteiger partial charge in [0.05, 0.1) is 11.1 Å². The van der Waals surface area contributed by atoms with E-state index in [2.05, 4.69) is 12.1 Å². The summed E-state index contributed by atoms with van der Waals surface area (Å²) >= 11 is 5.94. The number of nitrogens with one attached hydrogen (secondary N) is 2. The molecule has 0 aliphatic carbocycles. The van der Waals surface area contributed by atoms with Crippen molar-refractivity contribution >= 4 is 23.4 Å². The summed E-state index contributed by atoms with van der Waals surface area (Å²) in [7, 11) is 0. The van der Waals surface area contributed by atoms with Gasteiger partial charge >= 0.3 is 0 Å². The minimum atomic E-state index is -0.158. The number of fused-ring (bicyclic) bond motifs is 1. The molecule has 0 atom stereocenters. The van der Waals surface area contributed by atoms with Crippen molar-refractivity contribution < 1.29 is 19.4 Å². The lowest BCUT2D eigenvalue weighted by molar-refractivity contribution is -1.02. The van der Waals surface area contributed by atoms with Crippen LogP contribution in [0.2, 0.25) is 5.02 Å². The Morgan fingerprint density at radius 3 is 1.92 bits per heavy atom. The molecule has 2 N–H and O–H groups in total. The molecule has 0 bridgehead atoms. The highest BCUT2D eigenvalue weighted by atomic mass is 35.5. The predicted molar refractivity (Wildman–Crippen MR) is 98.4 cm³/mol. The van der Waals surface area contributed by atoms with Gasteiger partial charge in [-0.05, 0) is 24.3 Å². The number of rotatable bonds is 4. The Morgan fingerprint density at radius 2 is 1.35 bits per heavy atom. The van der Waals surface area contributed by atoms with Crippen molar-refractivity contribution in [3.8, 4) is 0 Å². The van der Waals surface area contributed by atoms with Crippen molar-refractivity contribution in [3.63, 3.8) is 0 Å². The van der Waals surface area contributed by atoms with Crippen molar-refractivity contribution in [1.82, 2.24) is 4.90 Å². The fourth-order valence-corrected chi connectivity index (χ4v) is 3.92. The van der Waals surface area contributed by atoms with Crippen LogP contribution in [-0.4, -0.2) is 49.6 Å². The first-order valence-corrected chi connectivity index (χ1v) is 9.36. The molecule has 2 aliphatic heterocycles. The van der Waals surface area contributed by atoms with Crippen molar-refractivity contribution in [2.45, 2.75) is 6.54 Å². The molecule has 0 spiro atoms. The number of amides is 2. The normalized spacial score (nSPS) is 22.6. The maximum atomic E-state index is 12.5. The van der Waals surface area contributed by atoms with Gasteiger partial charge in [-0.2, -0.15) is 0 Å². The Balaban J connectivity index is 1.32. The van der Waals surface area contributed by atoms with E-state index in [1.165, 1.54) is 20.3 Å². The standard InChI is InChI=1S/C20H20ClN3O2/c21-16-7-5-15(6-8-16)13-22-9-11-23(12-10-22)14-24-19(25)17-3-1-2-4-18(17)20(24)26/h1-8H,9-14H2/p+2. The number of carbonyl (C=O) groups excluding carboxylic acids is 2. The molecule has 4 rings (SSSR count). The van der Waals surface area contributed by atoms with Gasteiger partial charge in [-0.3, -0.25) is 9.59 Å². The minimum Gasteiger partial charge on any atom is -0.322 e. The molecule has 2 amide bonds. The van der Waals surface area contributed by atoms with Crippen LogP contribution in [0.5, 0.6) is 0 Å². The first kappa shape index (κ1) is 17.2. The lowest BCUT2D eigenvalue weighted by atomic mass is 10.1. The van der Waals surface area contributed by atoms with Gasteiger partial charge in [-0.15, -0.1) is 0 Å². The van der Waals surface area contributed by atoms with E-state index < -0.39 is 0 Å². The molecule has 6 heteroatoms. The van der Waals surface area contributed by atoms with Crippen LogP contribution in [0.3, 0.4) is 0 Å². The number of hydrogen-bond acceptors (Lipinski definition) is 2. The summed E-state index contributed by atoms with van der Waals surface area (Å²) in [6.07, 6.45) is 0. The van der Waals surface area contributed by atoms with Gasteiger partial charge in [0.2, 0.25) is 0 Å². The number of piperazine rings is 1. The molecule has 0 unspecified atom stereocenters. The maximum absolute atomic E-state index is 12.5. The van der Waals surface area contributed by atoms with Gasteiger partial charge in [0.1, 0.15) is 32.7 Å². The second kappa shape index (κ2) is 7.19. The third kappa shape index (κ3) is 3.38. The van der Waals surface area contributed by atoms with E-state index in [1.54, 1.807) is 24.3 Å². The first-order valence-electron chi connectivity index (χ1n) is 8.98. The van der Waals surface area contributed by atoms with E-state index in [9.17, 15) is 9.59 Å². The molecule has 0 saturated carbocycles. The highest BCUT2D eigenvalue weighted by molar-refractivity contribution is 6.30. The van der Waals surface area contributed by atoms with Crippen LogP contribution in [0.4, 0.5) is 0 Å². The quantitative estimate of drug-likeness (QED) is 0.736. The zero-order valence-electron chi connectivity index (χ0n) is 14.5. The average Bonchev–Trinajstić information content (AvgIpc) is 2.90. The maximum Gasteiger partial charge on any atom is 0.265 e. The summed E-state index contributed by atoms with van der Waals surface area (Å²) in [4.78, 5) is 29.2. The summed E-state index contributed by atoms with van der Waals surface area (Å²) in [6.45, 7) is 5.41. The van der Waals surface area contributed by atoms with Crippen LogP contribution in [-0.2, 0) is 6.54 Å². The Kier molecular flexibility index (Phi) is 4.76. The smallest absolute Gasteiger partial charge is 0.265 e. The lowest BCUT2D eigenvalue weighted by Crippen LogP contribution is -3.28. The van der Waals surface area contributed by atoms with E-state index in [1.807, 2.05) is 12.1 Å². The summed E-state index contributed by atoms with van der Waals surface area (Å²) in [6, 6.07) is 15.1. The molecule has 1 saturated heterocycles. The van der Waals surface area contributed by atoms with Crippen molar-refractivity contribution in [3.05, 3.63) is 70.2 Å². The van der Waals surface area contributed by atoms with Gasteiger partial charge in [0.15, 0.2) is 6.67 Å². The van der Waals surface area contributed by atoms with Gasteiger partial charge in [-0.25, -0.2) is 4.90 Å². The van der Waals surface area contributed by atoms with Crippen LogP contribution in [0.1, 0.15) is 26.3 Å². The molecule has 2 aromatic carbocycles. The number of quaternary nitrogens is 2. The van der Waals surface area contributed by atoms with Gasteiger partial charge in [0, 0.05) is 10.6 Å². The summed E-state index contributed by atoms with van der Waals surface area (Å²) < 4.78 is 0. The highest BCUT2D eigenvalue weighted by Crippen LogP contribution is 2.21. The fourth-order valence-electron chi connectivity index (χ4n) is 3.79. The Bertz CT molecular complexity index is 794. The molecule has 1 fully saturated rings. The van der Waals surface area contributed by atoms with Crippen molar-refractivity contribution in [1.29, 1.82) is 0 Å². The first-order chi connectivity index (χ1) is 12.6. The second-order valence-electron chi connectivity index (χ2n) is 7.05. The monoisotopic (exact) mass is 371 g/mol. The summed E-state index contributed by atoms with van der Waals surface area (Å²) in [5.74, 6) is -0.317. The zero-order valence-corrected chi connectivity index (χ0v) is 15.3. The minimum absolute atomic E-state index is 0.158. The molecule has 2 heterocycles. The number of halogens is 1. The Labute approximate surface area is 157 Å². The van der Waals surface area contributed by atoms with E-state index in [4.69, 9.17) is 11.6 Å². The Hall–Kier alpha value is -2.21. The largest absolute Gasteiger partial charge is 0.322 e. The van der Waals surface area contributed by atoms with Gasteiger partial charge in [-0.1, -0.05) is 35.9 Å². The summed E-state index contributed by atoms with van der Waals surface area (Å²) in [5.41, 5.74) is 2.35. The third-order valence-electron chi connectivity index (χ3n) is 5.29. The number of hydrogen-bond donors (Lipinski definition) is 2. The lowest BCUT2D eigenvalue weighted by Gasteiger charge is -2.31. The number of nitrogens with zero attached hydrogens (tertiary/aromatic N) is 1. The van der Waals surface area contributed by atoms with Crippen LogP contribution in [0.15, 0.2) is 48.5 Å². The molecular weight excluding hydrogens is 350 g/mol. The third-order valence-corrected chi connectivity index (χ3v) is 5.54. The van der Waals surface area contributed by atoms with Crippen LogP contribution >= 0.6 is 11.6 Å². The fraction of sp³-hybridized carbons (Fsp3) is 0.300. The topological polar surface area (TPSA) is 46.3 Å². The zero-order chi connectivity index (χ0) is 18.1. The number of carbonyl (C=O) groups is 2. The van der Waals surface area contributed by atoms with Crippen molar-refractivity contribution in [2.24, 2.45) is 0 Å². The summed E-state index contributed by atoms with van der Waals surface area (Å²) in [5, 5.41) is 0.763. The van der Waals surface area contributed by atoms with E-state index in [0.717, 1.165) is 37.7 Å². The van der Waals surface area contributed by atoms with Gasteiger partial charge < -0.3 is 9.80 Å². The van der Waals surface area contributed by atoms with Crippen LogP contribution in [0, 0.1) is 0 Å². The van der Waals surface area contributed by atoms with E-state index >= 15 is 0 Å². The predicted octanol–water partition coefficient (Wildman–Crippen LogP) is -0.123. The molecule has 0 radical (unpaired) electrons. The molecule has 0 aromatic heterocycles. The average molecular weight is 372 g/mol.